The van der Waals surface area contributed by atoms with Gasteiger partial charge in [0.2, 0.25) is 11.7 Å². The molecular formula is C22H24N8O. The molecule has 0 bridgehead atoms. The van der Waals surface area contributed by atoms with Crippen molar-refractivity contribution in [3.63, 3.8) is 0 Å². The number of fused-ring (bicyclic) bond motifs is 1. The number of hydrogen-bond acceptors (Lipinski definition) is 8. The van der Waals surface area contributed by atoms with Crippen LogP contribution >= 0.6 is 0 Å². The maximum Gasteiger partial charge on any atom is 0.254 e. The van der Waals surface area contributed by atoms with E-state index in [1.807, 2.05) is 16.6 Å². The van der Waals surface area contributed by atoms with Gasteiger partial charge in [-0.2, -0.15) is 19.6 Å². The molecule has 5 heterocycles. The molecule has 1 atom stereocenters. The molecule has 0 unspecified atom stereocenters. The predicted octanol–water partition coefficient (Wildman–Crippen LogP) is 3.30. The molecule has 0 aromatic carbocycles. The first-order chi connectivity index (χ1) is 15.3. The van der Waals surface area contributed by atoms with Gasteiger partial charge in [0.25, 0.3) is 5.78 Å². The van der Waals surface area contributed by atoms with Crippen LogP contribution in [0.15, 0.2) is 41.4 Å². The smallest absolute Gasteiger partial charge is 0.254 e. The second-order valence-electron chi connectivity index (χ2n) is 8.63. The van der Waals surface area contributed by atoms with E-state index in [-0.39, 0.29) is 5.41 Å². The van der Waals surface area contributed by atoms with E-state index < -0.39 is 0 Å². The third-order valence-corrected chi connectivity index (χ3v) is 6.72. The summed E-state index contributed by atoms with van der Waals surface area (Å²) in [5, 5.41) is 8.59. The third kappa shape index (κ3) is 3.15. The fraction of sp³-hybridized carbons (Fsp3) is 0.455. The van der Waals surface area contributed by atoms with Crippen LogP contribution in [-0.4, -0.2) is 47.8 Å². The molecule has 2 aliphatic rings. The van der Waals surface area contributed by atoms with E-state index in [0.29, 0.717) is 17.5 Å². The van der Waals surface area contributed by atoms with E-state index >= 15 is 0 Å². The van der Waals surface area contributed by atoms with Crippen LogP contribution in [0.25, 0.3) is 17.2 Å². The number of aromatic nitrogens is 7. The monoisotopic (exact) mass is 416 g/mol. The molecule has 1 saturated heterocycles. The van der Waals surface area contributed by atoms with Crippen molar-refractivity contribution in [2.45, 2.75) is 44.9 Å². The summed E-state index contributed by atoms with van der Waals surface area (Å²) in [6.07, 6.45) is 10.4. The summed E-state index contributed by atoms with van der Waals surface area (Å²) in [4.78, 5) is 20.2. The number of hydrogen-bond donors (Lipinski definition) is 0. The number of piperidine rings is 1. The lowest BCUT2D eigenvalue weighted by Crippen LogP contribution is -2.36. The molecule has 1 aliphatic heterocycles. The number of rotatable bonds is 5. The quantitative estimate of drug-likeness (QED) is 0.489. The van der Waals surface area contributed by atoms with Crippen molar-refractivity contribution in [3.8, 4) is 11.4 Å². The van der Waals surface area contributed by atoms with Gasteiger partial charge in [-0.25, -0.2) is 4.98 Å². The Balaban J connectivity index is 1.18. The molecule has 0 amide bonds. The molecule has 158 valence electrons. The Morgan fingerprint density at radius 3 is 2.94 bits per heavy atom. The molecule has 31 heavy (non-hydrogen) atoms. The average Bonchev–Trinajstić information content (AvgIpc) is 3.16. The van der Waals surface area contributed by atoms with Gasteiger partial charge in [-0.15, -0.1) is 0 Å². The molecular weight excluding hydrogens is 392 g/mol. The fourth-order valence-electron chi connectivity index (χ4n) is 4.87. The fourth-order valence-corrected chi connectivity index (χ4v) is 4.87. The van der Waals surface area contributed by atoms with Crippen LogP contribution in [0.3, 0.4) is 0 Å². The van der Waals surface area contributed by atoms with Crippen LogP contribution in [0.4, 0.5) is 5.82 Å². The Kier molecular flexibility index (Phi) is 4.22. The van der Waals surface area contributed by atoms with Crippen LogP contribution in [0.2, 0.25) is 0 Å². The van der Waals surface area contributed by atoms with Gasteiger partial charge in [-0.05, 0) is 43.2 Å². The minimum atomic E-state index is 0.274. The maximum absolute atomic E-state index is 5.64. The van der Waals surface area contributed by atoms with Crippen molar-refractivity contribution in [2.75, 3.05) is 18.0 Å². The topological polar surface area (TPSA) is 98.1 Å². The van der Waals surface area contributed by atoms with Gasteiger partial charge in [0.1, 0.15) is 12.1 Å². The van der Waals surface area contributed by atoms with Gasteiger partial charge < -0.3 is 9.42 Å². The zero-order chi connectivity index (χ0) is 20.8. The highest BCUT2D eigenvalue weighted by molar-refractivity contribution is 5.52. The van der Waals surface area contributed by atoms with E-state index in [2.05, 4.69) is 48.1 Å². The van der Waals surface area contributed by atoms with Crippen LogP contribution in [0.5, 0.6) is 0 Å². The summed E-state index contributed by atoms with van der Waals surface area (Å²) in [6.45, 7) is 4.12. The van der Waals surface area contributed by atoms with E-state index in [4.69, 9.17) is 4.52 Å². The molecule has 2 fully saturated rings. The lowest BCUT2D eigenvalue weighted by molar-refractivity contribution is 0.325. The zero-order valence-electron chi connectivity index (χ0n) is 17.5. The minimum absolute atomic E-state index is 0.274. The molecule has 0 N–H and O–H groups in total. The van der Waals surface area contributed by atoms with Crippen molar-refractivity contribution in [1.82, 2.24) is 34.7 Å². The van der Waals surface area contributed by atoms with E-state index in [9.17, 15) is 0 Å². The Bertz CT molecular complexity index is 1210. The molecule has 1 saturated carbocycles. The van der Waals surface area contributed by atoms with Gasteiger partial charge in [-0.1, -0.05) is 18.5 Å². The Labute approximate surface area is 179 Å². The second-order valence-corrected chi connectivity index (χ2v) is 8.63. The van der Waals surface area contributed by atoms with E-state index in [1.165, 1.54) is 0 Å². The summed E-state index contributed by atoms with van der Waals surface area (Å²) >= 11 is 0. The normalized spacial score (nSPS) is 19.9. The third-order valence-electron chi connectivity index (χ3n) is 6.72. The lowest BCUT2D eigenvalue weighted by atomic mass is 9.90. The summed E-state index contributed by atoms with van der Waals surface area (Å²) in [5.41, 5.74) is 2.24. The van der Waals surface area contributed by atoms with E-state index in [0.717, 1.165) is 68.2 Å². The first-order valence-corrected chi connectivity index (χ1v) is 10.9. The summed E-state index contributed by atoms with van der Waals surface area (Å²) in [6, 6.07) is 6.01. The second kappa shape index (κ2) is 7.11. The Morgan fingerprint density at radius 2 is 2.13 bits per heavy atom. The van der Waals surface area contributed by atoms with Crippen LogP contribution in [-0.2, 0) is 6.42 Å². The van der Waals surface area contributed by atoms with Crippen molar-refractivity contribution in [1.29, 1.82) is 0 Å². The Morgan fingerprint density at radius 1 is 1.23 bits per heavy atom. The van der Waals surface area contributed by atoms with Gasteiger partial charge in [0, 0.05) is 48.7 Å². The van der Waals surface area contributed by atoms with Crippen molar-refractivity contribution in [3.05, 3.63) is 48.5 Å². The number of nitrogens with zero attached hydrogens (tertiary/aromatic N) is 8. The summed E-state index contributed by atoms with van der Waals surface area (Å²) < 4.78 is 7.50. The molecule has 6 rings (SSSR count). The summed E-state index contributed by atoms with van der Waals surface area (Å²) in [5.74, 6) is 3.51. The predicted molar refractivity (Wildman–Crippen MR) is 114 cm³/mol. The highest BCUT2D eigenvalue weighted by Crippen LogP contribution is 2.64. The lowest BCUT2D eigenvalue weighted by Gasteiger charge is -2.34. The number of pyridine rings is 1. The van der Waals surface area contributed by atoms with Crippen LogP contribution in [0.1, 0.15) is 50.1 Å². The van der Waals surface area contributed by atoms with Gasteiger partial charge >= 0.3 is 0 Å². The molecule has 1 aliphatic carbocycles. The Hall–Kier alpha value is -3.36. The number of anilines is 1. The highest BCUT2D eigenvalue weighted by Gasteiger charge is 2.58. The van der Waals surface area contributed by atoms with Crippen molar-refractivity contribution < 1.29 is 4.52 Å². The van der Waals surface area contributed by atoms with Crippen molar-refractivity contribution >= 4 is 11.6 Å². The minimum Gasteiger partial charge on any atom is -0.356 e. The first-order valence-electron chi connectivity index (χ1n) is 10.9. The largest absolute Gasteiger partial charge is 0.356 e. The first kappa shape index (κ1) is 18.4. The maximum atomic E-state index is 5.64. The SMILES string of the molecule is CCCc1cc(N2CCC3(CC2)C[C@H]3c2nc(-c3cccnc3)no2)n2ncnc2n1. The molecule has 1 spiro atoms. The number of aryl methyl sites for hydroxylation is 1. The van der Waals surface area contributed by atoms with Gasteiger partial charge in [0.05, 0.1) is 0 Å². The zero-order valence-corrected chi connectivity index (χ0v) is 17.5. The summed E-state index contributed by atoms with van der Waals surface area (Å²) in [7, 11) is 0. The highest BCUT2D eigenvalue weighted by atomic mass is 16.5. The van der Waals surface area contributed by atoms with Crippen LogP contribution in [0, 0.1) is 5.41 Å². The van der Waals surface area contributed by atoms with Gasteiger partial charge in [0.15, 0.2) is 0 Å². The van der Waals surface area contributed by atoms with Crippen LogP contribution < -0.4 is 4.90 Å². The molecule has 9 heteroatoms. The molecule has 4 aromatic heterocycles. The molecule has 4 aromatic rings. The standard InChI is InChI=1S/C22H24N8O/c1-2-4-16-11-18(30-21(26-16)24-14-25-30)29-9-6-22(7-10-29)12-17(22)20-27-19(28-31-20)15-5-3-8-23-13-15/h3,5,8,11,13-14,17H,2,4,6-7,9-10,12H2,1H3/t17-/m0/s1. The van der Waals surface area contributed by atoms with Crippen molar-refractivity contribution in [2.24, 2.45) is 5.41 Å². The molecule has 0 radical (unpaired) electrons. The van der Waals surface area contributed by atoms with Gasteiger partial charge in [-0.3, -0.25) is 4.98 Å². The average molecular weight is 416 g/mol. The molecule has 9 nitrogen and oxygen atoms in total. The van der Waals surface area contributed by atoms with E-state index in [1.54, 1.807) is 18.7 Å².